The van der Waals surface area contributed by atoms with Crippen molar-refractivity contribution in [3.63, 3.8) is 0 Å². The summed E-state index contributed by atoms with van der Waals surface area (Å²) >= 11 is 0. The first kappa shape index (κ1) is 26.9. The van der Waals surface area contributed by atoms with Gasteiger partial charge in [0.2, 0.25) is 11.9 Å². The summed E-state index contributed by atoms with van der Waals surface area (Å²) in [7, 11) is 3.81. The molecule has 2 aromatic carbocycles. The van der Waals surface area contributed by atoms with Crippen molar-refractivity contribution in [1.29, 1.82) is 0 Å². The van der Waals surface area contributed by atoms with E-state index in [1.807, 2.05) is 70.1 Å². The van der Waals surface area contributed by atoms with Crippen LogP contribution in [-0.4, -0.2) is 70.6 Å². The molecule has 3 aromatic rings. The molecule has 36 heavy (non-hydrogen) atoms. The molecule has 0 atom stereocenters. The van der Waals surface area contributed by atoms with E-state index in [0.29, 0.717) is 30.0 Å². The number of hydrogen-bond donors (Lipinski definition) is 2. The zero-order chi connectivity index (χ0) is 26.5. The summed E-state index contributed by atoms with van der Waals surface area (Å²) in [6.45, 7) is 8.16. The Bertz CT molecular complexity index is 1200. The van der Waals surface area contributed by atoms with Gasteiger partial charge in [-0.2, -0.15) is 0 Å². The second-order valence-corrected chi connectivity index (χ2v) is 10.1. The number of rotatable bonds is 8. The molecule has 0 aliphatic carbocycles. The molecule has 3 rings (SSSR count). The van der Waals surface area contributed by atoms with Crippen LogP contribution in [0.2, 0.25) is 0 Å². The first-order valence-corrected chi connectivity index (χ1v) is 11.9. The van der Waals surface area contributed by atoms with Crippen LogP contribution in [0.3, 0.4) is 0 Å². The maximum atomic E-state index is 14.4. The molecular weight excluding hydrogens is 459 g/mol. The number of halogens is 1. The van der Waals surface area contributed by atoms with Gasteiger partial charge >= 0.3 is 6.03 Å². The van der Waals surface area contributed by atoms with Crippen molar-refractivity contribution in [3.05, 3.63) is 66.1 Å². The fourth-order valence-electron chi connectivity index (χ4n) is 3.46. The third kappa shape index (κ3) is 7.39. The summed E-state index contributed by atoms with van der Waals surface area (Å²) in [4.78, 5) is 34.0. The predicted molar refractivity (Wildman–Crippen MR) is 141 cm³/mol. The van der Waals surface area contributed by atoms with E-state index in [-0.39, 0.29) is 24.3 Å². The van der Waals surface area contributed by atoms with Crippen molar-refractivity contribution in [2.24, 2.45) is 0 Å². The van der Waals surface area contributed by atoms with Crippen LogP contribution < -0.4 is 10.6 Å². The van der Waals surface area contributed by atoms with Crippen LogP contribution in [0.25, 0.3) is 16.9 Å². The monoisotopic (exact) mass is 494 g/mol. The van der Waals surface area contributed by atoms with Crippen molar-refractivity contribution in [2.45, 2.75) is 33.2 Å². The normalized spacial score (nSPS) is 11.4. The van der Waals surface area contributed by atoms with Crippen LogP contribution in [0.5, 0.6) is 0 Å². The molecule has 0 aliphatic heterocycles. The fraction of sp³-hybridized carbons (Fsp3) is 0.370. The largest absolute Gasteiger partial charge is 0.333 e. The van der Waals surface area contributed by atoms with Crippen LogP contribution >= 0.6 is 0 Å². The van der Waals surface area contributed by atoms with Gasteiger partial charge in [0.1, 0.15) is 12.4 Å². The minimum Gasteiger partial charge on any atom is -0.333 e. The number of carbonyl (C=O) groups is 2. The van der Waals surface area contributed by atoms with Gasteiger partial charge in [0.25, 0.3) is 0 Å². The topological polar surface area (TPSA) is 82.5 Å². The van der Waals surface area contributed by atoms with E-state index >= 15 is 0 Å². The van der Waals surface area contributed by atoms with E-state index in [9.17, 15) is 14.0 Å². The molecule has 0 spiro atoms. The predicted octanol–water partition coefficient (Wildman–Crippen LogP) is 4.30. The molecule has 9 heteroatoms. The van der Waals surface area contributed by atoms with Crippen molar-refractivity contribution in [2.75, 3.05) is 39.0 Å². The highest BCUT2D eigenvalue weighted by Gasteiger charge is 2.23. The Hall–Kier alpha value is -3.72. The van der Waals surface area contributed by atoms with Crippen molar-refractivity contribution >= 4 is 17.9 Å². The average Bonchev–Trinajstić information content (AvgIpc) is 3.21. The Morgan fingerprint density at radius 1 is 1.06 bits per heavy atom. The molecule has 0 aliphatic rings. The Balaban J connectivity index is 1.89. The number of imidazole rings is 1. The Kier molecular flexibility index (Phi) is 8.47. The van der Waals surface area contributed by atoms with E-state index < -0.39 is 11.4 Å². The number of amides is 3. The van der Waals surface area contributed by atoms with E-state index in [0.717, 1.165) is 5.56 Å². The van der Waals surface area contributed by atoms with Gasteiger partial charge in [0, 0.05) is 30.4 Å². The van der Waals surface area contributed by atoms with Crippen molar-refractivity contribution in [3.8, 4) is 16.9 Å². The molecule has 192 valence electrons. The summed E-state index contributed by atoms with van der Waals surface area (Å²) in [6.07, 6.45) is 1.76. The van der Waals surface area contributed by atoms with Gasteiger partial charge in [-0.25, -0.2) is 14.2 Å². The lowest BCUT2D eigenvalue weighted by atomic mass is 10.1. The number of urea groups is 1. The zero-order valence-electron chi connectivity index (χ0n) is 21.8. The highest BCUT2D eigenvalue weighted by Crippen LogP contribution is 2.25. The van der Waals surface area contributed by atoms with Crippen LogP contribution in [-0.2, 0) is 4.79 Å². The second-order valence-electron chi connectivity index (χ2n) is 10.1. The van der Waals surface area contributed by atoms with Crippen LogP contribution in [0.1, 0.15) is 26.3 Å². The number of nitrogens with zero attached hydrogens (tertiary/aromatic N) is 4. The Morgan fingerprint density at radius 3 is 2.36 bits per heavy atom. The Morgan fingerprint density at radius 2 is 1.75 bits per heavy atom. The molecule has 0 fully saturated rings. The second kappa shape index (κ2) is 11.3. The highest BCUT2D eigenvalue weighted by atomic mass is 19.1. The highest BCUT2D eigenvalue weighted by molar-refractivity contribution is 5.93. The van der Waals surface area contributed by atoms with E-state index in [2.05, 4.69) is 15.6 Å². The van der Waals surface area contributed by atoms with Gasteiger partial charge in [0.15, 0.2) is 0 Å². The number of carbonyl (C=O) groups excluding carboxylic acids is 2. The number of nitrogens with one attached hydrogen (secondary N) is 2. The summed E-state index contributed by atoms with van der Waals surface area (Å²) in [6, 6.07) is 14.0. The summed E-state index contributed by atoms with van der Waals surface area (Å²) < 4.78 is 16.0. The van der Waals surface area contributed by atoms with Gasteiger partial charge in [-0.05, 0) is 59.5 Å². The summed E-state index contributed by atoms with van der Waals surface area (Å²) in [5, 5.41) is 5.74. The van der Waals surface area contributed by atoms with Crippen LogP contribution in [0.15, 0.2) is 54.7 Å². The van der Waals surface area contributed by atoms with Crippen LogP contribution in [0, 0.1) is 12.7 Å². The lowest BCUT2D eigenvalue weighted by molar-refractivity contribution is -0.116. The van der Waals surface area contributed by atoms with Crippen molar-refractivity contribution < 1.29 is 14.0 Å². The van der Waals surface area contributed by atoms with Gasteiger partial charge in [-0.3, -0.25) is 14.7 Å². The number of likely N-dealkylation sites (N-methyl/N-ethyl adjacent to an activating group) is 1. The molecule has 1 aromatic heterocycles. The molecule has 3 amide bonds. The third-order valence-electron chi connectivity index (χ3n) is 5.38. The van der Waals surface area contributed by atoms with Gasteiger partial charge in [-0.15, -0.1) is 0 Å². The molecule has 2 N–H and O–H groups in total. The zero-order valence-corrected chi connectivity index (χ0v) is 21.8. The number of benzene rings is 2. The van der Waals surface area contributed by atoms with E-state index in [1.165, 1.54) is 11.0 Å². The summed E-state index contributed by atoms with van der Waals surface area (Å²) in [5.41, 5.74) is 2.09. The average molecular weight is 495 g/mol. The fourth-order valence-corrected chi connectivity index (χ4v) is 3.46. The van der Waals surface area contributed by atoms with Gasteiger partial charge in [0.05, 0.1) is 11.4 Å². The summed E-state index contributed by atoms with van der Waals surface area (Å²) in [5.74, 6) is -0.517. The standard InChI is InChI=1S/C27H35FN6O2/c1-19-12-13-21(16-22(19)28)34-17-23(20-10-8-7-9-11-20)29-25(34)30-24(35)18-33(15-14-32(5)6)26(36)31-27(2,3)4/h7-13,16-17H,14-15,18H2,1-6H3,(H,31,36)(H,29,30,35). The molecule has 0 saturated carbocycles. The third-order valence-corrected chi connectivity index (χ3v) is 5.38. The SMILES string of the molecule is Cc1ccc(-n2cc(-c3ccccc3)nc2NC(=O)CN(CCN(C)C)C(=O)NC(C)(C)C)cc1F. The maximum Gasteiger partial charge on any atom is 0.318 e. The van der Waals surface area contributed by atoms with E-state index in [4.69, 9.17) is 0 Å². The minimum absolute atomic E-state index is 0.161. The number of aromatic nitrogens is 2. The molecule has 0 bridgehead atoms. The first-order valence-electron chi connectivity index (χ1n) is 11.9. The molecule has 0 radical (unpaired) electrons. The van der Waals surface area contributed by atoms with E-state index in [1.54, 1.807) is 29.8 Å². The van der Waals surface area contributed by atoms with Gasteiger partial charge in [-0.1, -0.05) is 36.4 Å². The Labute approximate surface area is 212 Å². The van der Waals surface area contributed by atoms with Crippen molar-refractivity contribution in [1.82, 2.24) is 24.7 Å². The maximum absolute atomic E-state index is 14.4. The molecular formula is C27H35FN6O2. The number of hydrogen-bond acceptors (Lipinski definition) is 4. The molecule has 0 saturated heterocycles. The van der Waals surface area contributed by atoms with Gasteiger partial charge < -0.3 is 15.1 Å². The lowest BCUT2D eigenvalue weighted by Crippen LogP contribution is -2.51. The minimum atomic E-state index is -0.444. The van der Waals surface area contributed by atoms with Crippen LogP contribution in [0.4, 0.5) is 15.1 Å². The first-order chi connectivity index (χ1) is 16.9. The molecule has 0 unspecified atom stereocenters. The molecule has 8 nitrogen and oxygen atoms in total. The number of anilines is 1. The molecule has 1 heterocycles. The smallest absolute Gasteiger partial charge is 0.318 e. The lowest BCUT2D eigenvalue weighted by Gasteiger charge is -2.29. The number of aryl methyl sites for hydroxylation is 1. The quantitative estimate of drug-likeness (QED) is 0.489.